The molecule has 1 heterocycles. The summed E-state index contributed by atoms with van der Waals surface area (Å²) >= 11 is 2.08. The lowest BCUT2D eigenvalue weighted by atomic mass is 10.2. The zero-order valence-corrected chi connectivity index (χ0v) is 14.7. The normalized spacial score (nSPS) is 22.0. The fraction of sp³-hybridized carbons (Fsp3) is 0.750. The SMILES string of the molecule is CCNC(=NCc1cc(CC)no1)NC1CCC(SCC)C1. The summed E-state index contributed by atoms with van der Waals surface area (Å²) in [4.78, 5) is 4.62. The summed E-state index contributed by atoms with van der Waals surface area (Å²) in [5, 5.41) is 11.7. The van der Waals surface area contributed by atoms with Gasteiger partial charge in [0, 0.05) is 23.9 Å². The summed E-state index contributed by atoms with van der Waals surface area (Å²) in [7, 11) is 0. The molecule has 1 fully saturated rings. The monoisotopic (exact) mass is 324 g/mol. The van der Waals surface area contributed by atoms with E-state index in [4.69, 9.17) is 4.52 Å². The van der Waals surface area contributed by atoms with E-state index in [-0.39, 0.29) is 0 Å². The van der Waals surface area contributed by atoms with Gasteiger partial charge in [0.1, 0.15) is 6.54 Å². The van der Waals surface area contributed by atoms with Crippen molar-refractivity contribution in [1.29, 1.82) is 0 Å². The van der Waals surface area contributed by atoms with Gasteiger partial charge in [0.05, 0.1) is 5.69 Å². The summed E-state index contributed by atoms with van der Waals surface area (Å²) in [6, 6.07) is 2.51. The average molecular weight is 324 g/mol. The van der Waals surface area contributed by atoms with Gasteiger partial charge >= 0.3 is 0 Å². The third-order valence-corrected chi connectivity index (χ3v) is 5.07. The van der Waals surface area contributed by atoms with Gasteiger partial charge in [-0.25, -0.2) is 4.99 Å². The van der Waals surface area contributed by atoms with Crippen molar-refractivity contribution in [2.75, 3.05) is 12.3 Å². The summed E-state index contributed by atoms with van der Waals surface area (Å²) in [6.07, 6.45) is 4.65. The molecular formula is C16H28N4OS. The minimum atomic E-state index is 0.530. The van der Waals surface area contributed by atoms with Crippen molar-refractivity contribution in [2.24, 2.45) is 4.99 Å². The molecule has 2 rings (SSSR count). The Hall–Kier alpha value is -1.17. The van der Waals surface area contributed by atoms with Gasteiger partial charge in [-0.15, -0.1) is 0 Å². The molecule has 0 aliphatic heterocycles. The van der Waals surface area contributed by atoms with Crippen molar-refractivity contribution < 1.29 is 4.52 Å². The number of aromatic nitrogens is 1. The van der Waals surface area contributed by atoms with Crippen molar-refractivity contribution in [3.8, 4) is 0 Å². The Morgan fingerprint density at radius 3 is 2.95 bits per heavy atom. The largest absolute Gasteiger partial charge is 0.359 e. The lowest BCUT2D eigenvalue weighted by molar-refractivity contribution is 0.379. The molecule has 22 heavy (non-hydrogen) atoms. The van der Waals surface area contributed by atoms with Gasteiger partial charge in [0.2, 0.25) is 0 Å². The molecule has 1 aliphatic carbocycles. The smallest absolute Gasteiger partial charge is 0.191 e. The van der Waals surface area contributed by atoms with Crippen molar-refractivity contribution in [3.63, 3.8) is 0 Å². The van der Waals surface area contributed by atoms with Gasteiger partial charge in [0.15, 0.2) is 11.7 Å². The van der Waals surface area contributed by atoms with E-state index in [0.717, 1.165) is 35.6 Å². The predicted octanol–water partition coefficient (Wildman–Crippen LogP) is 2.97. The first-order valence-corrected chi connectivity index (χ1v) is 9.40. The van der Waals surface area contributed by atoms with E-state index in [1.807, 2.05) is 6.07 Å². The van der Waals surface area contributed by atoms with Gasteiger partial charge < -0.3 is 15.2 Å². The number of hydrogen-bond donors (Lipinski definition) is 2. The van der Waals surface area contributed by atoms with Crippen LogP contribution in [-0.2, 0) is 13.0 Å². The number of rotatable bonds is 7. The Morgan fingerprint density at radius 1 is 1.41 bits per heavy atom. The Kier molecular flexibility index (Phi) is 7.09. The second-order valence-corrected chi connectivity index (χ2v) is 7.14. The van der Waals surface area contributed by atoms with Crippen LogP contribution >= 0.6 is 11.8 Å². The van der Waals surface area contributed by atoms with Gasteiger partial charge in [-0.05, 0) is 38.4 Å². The van der Waals surface area contributed by atoms with E-state index in [1.165, 1.54) is 25.0 Å². The van der Waals surface area contributed by atoms with Crippen LogP contribution < -0.4 is 10.6 Å². The van der Waals surface area contributed by atoms with Crippen molar-refractivity contribution in [2.45, 2.75) is 64.3 Å². The van der Waals surface area contributed by atoms with Gasteiger partial charge in [0.25, 0.3) is 0 Å². The molecule has 1 saturated carbocycles. The zero-order valence-electron chi connectivity index (χ0n) is 13.9. The molecule has 0 amide bonds. The summed E-state index contributed by atoms with van der Waals surface area (Å²) in [5.74, 6) is 2.90. The zero-order chi connectivity index (χ0) is 15.8. The van der Waals surface area contributed by atoms with Crippen LogP contribution in [0.4, 0.5) is 0 Å². The number of nitrogens with zero attached hydrogens (tertiary/aromatic N) is 2. The number of thioether (sulfide) groups is 1. The number of nitrogens with one attached hydrogen (secondary N) is 2. The van der Waals surface area contributed by atoms with Crippen LogP contribution in [0.5, 0.6) is 0 Å². The molecule has 5 nitrogen and oxygen atoms in total. The van der Waals surface area contributed by atoms with E-state index in [0.29, 0.717) is 12.6 Å². The standard InChI is InChI=1S/C16H28N4OS/c1-4-12-9-14(21-20-12)11-18-16(17-5-2)19-13-7-8-15(10-13)22-6-3/h9,13,15H,4-8,10-11H2,1-3H3,(H2,17,18,19). The van der Waals surface area contributed by atoms with Crippen LogP contribution in [0, 0.1) is 0 Å². The van der Waals surface area contributed by atoms with Gasteiger partial charge in [-0.2, -0.15) is 11.8 Å². The van der Waals surface area contributed by atoms with Crippen LogP contribution in [0.3, 0.4) is 0 Å². The second-order valence-electron chi connectivity index (χ2n) is 5.56. The molecule has 0 saturated heterocycles. The third kappa shape index (κ3) is 5.23. The van der Waals surface area contributed by atoms with E-state index in [1.54, 1.807) is 0 Å². The van der Waals surface area contributed by atoms with Crippen molar-refractivity contribution >= 4 is 17.7 Å². The Bertz CT molecular complexity index is 474. The minimum absolute atomic E-state index is 0.530. The highest BCUT2D eigenvalue weighted by Crippen LogP contribution is 2.29. The maximum atomic E-state index is 5.29. The molecule has 6 heteroatoms. The lowest BCUT2D eigenvalue weighted by Gasteiger charge is -2.17. The number of aryl methyl sites for hydroxylation is 1. The number of aliphatic imine (C=N–C) groups is 1. The first kappa shape index (κ1) is 17.2. The van der Waals surface area contributed by atoms with E-state index < -0.39 is 0 Å². The third-order valence-electron chi connectivity index (χ3n) is 3.83. The van der Waals surface area contributed by atoms with Crippen LogP contribution in [0.1, 0.15) is 51.5 Å². The molecule has 2 N–H and O–H groups in total. The fourth-order valence-corrected chi connectivity index (χ4v) is 3.87. The minimum Gasteiger partial charge on any atom is -0.359 e. The van der Waals surface area contributed by atoms with Crippen LogP contribution in [0.2, 0.25) is 0 Å². The lowest BCUT2D eigenvalue weighted by Crippen LogP contribution is -2.42. The molecule has 1 aromatic rings. The first-order chi connectivity index (χ1) is 10.7. The highest BCUT2D eigenvalue weighted by atomic mass is 32.2. The van der Waals surface area contributed by atoms with Crippen molar-refractivity contribution in [1.82, 2.24) is 15.8 Å². The number of guanidine groups is 1. The molecule has 1 aromatic heterocycles. The second kappa shape index (κ2) is 9.08. The summed E-state index contributed by atoms with van der Waals surface area (Å²) in [5.41, 5.74) is 0.985. The molecular weight excluding hydrogens is 296 g/mol. The predicted molar refractivity (Wildman–Crippen MR) is 93.4 cm³/mol. The Balaban J connectivity index is 1.87. The van der Waals surface area contributed by atoms with E-state index in [9.17, 15) is 0 Å². The van der Waals surface area contributed by atoms with Crippen molar-refractivity contribution in [3.05, 3.63) is 17.5 Å². The Labute approximate surface area is 137 Å². The molecule has 0 aromatic carbocycles. The van der Waals surface area contributed by atoms with Gasteiger partial charge in [-0.1, -0.05) is 19.0 Å². The van der Waals surface area contributed by atoms with Crippen LogP contribution in [0.15, 0.2) is 15.6 Å². The quantitative estimate of drug-likeness (QED) is 0.596. The maximum Gasteiger partial charge on any atom is 0.191 e. The molecule has 2 atom stereocenters. The maximum absolute atomic E-state index is 5.29. The highest BCUT2D eigenvalue weighted by molar-refractivity contribution is 7.99. The van der Waals surface area contributed by atoms with Gasteiger partial charge in [-0.3, -0.25) is 0 Å². The summed E-state index contributed by atoms with van der Waals surface area (Å²) < 4.78 is 5.29. The van der Waals surface area contributed by atoms with Crippen LogP contribution in [-0.4, -0.2) is 34.7 Å². The van der Waals surface area contributed by atoms with E-state index >= 15 is 0 Å². The molecule has 0 radical (unpaired) electrons. The van der Waals surface area contributed by atoms with E-state index in [2.05, 4.69) is 53.3 Å². The molecule has 0 spiro atoms. The molecule has 1 aliphatic rings. The average Bonchev–Trinajstić information content (AvgIpc) is 3.14. The fourth-order valence-electron chi connectivity index (χ4n) is 2.73. The Morgan fingerprint density at radius 2 is 2.27 bits per heavy atom. The number of hydrogen-bond acceptors (Lipinski definition) is 4. The first-order valence-electron chi connectivity index (χ1n) is 8.36. The molecule has 0 bridgehead atoms. The summed E-state index contributed by atoms with van der Waals surface area (Å²) in [6.45, 7) is 7.79. The highest BCUT2D eigenvalue weighted by Gasteiger charge is 2.25. The topological polar surface area (TPSA) is 62.5 Å². The molecule has 124 valence electrons. The van der Waals surface area contributed by atoms with Crippen LogP contribution in [0.25, 0.3) is 0 Å². The molecule has 2 unspecified atom stereocenters.